The molecule has 0 amide bonds. The van der Waals surface area contributed by atoms with Crippen LogP contribution in [0.3, 0.4) is 0 Å². The fraction of sp³-hybridized carbons (Fsp3) is 0.400. The van der Waals surface area contributed by atoms with Crippen molar-refractivity contribution in [3.05, 3.63) is 49.9 Å². The fourth-order valence-electron chi connectivity index (χ4n) is 1.98. The summed E-state index contributed by atoms with van der Waals surface area (Å²) in [5, 5.41) is 1.15. The third-order valence-corrected chi connectivity index (χ3v) is 4.51. The van der Waals surface area contributed by atoms with Crippen LogP contribution < -0.4 is 5.73 Å². The third kappa shape index (κ3) is 3.65. The summed E-state index contributed by atoms with van der Waals surface area (Å²) < 4.78 is 1.11. The molecule has 0 unspecified atom stereocenters. The summed E-state index contributed by atoms with van der Waals surface area (Å²) in [6, 6.07) is 8.39. The zero-order valence-electron chi connectivity index (χ0n) is 11.5. The van der Waals surface area contributed by atoms with Crippen molar-refractivity contribution in [1.29, 1.82) is 0 Å². The lowest BCUT2D eigenvalue weighted by Gasteiger charge is -2.16. The van der Waals surface area contributed by atoms with E-state index in [1.165, 1.54) is 10.4 Å². The smallest absolute Gasteiger partial charge is 0.0975 e. The summed E-state index contributed by atoms with van der Waals surface area (Å²) in [7, 11) is 0. The van der Waals surface area contributed by atoms with Crippen LogP contribution in [0.5, 0.6) is 0 Å². The van der Waals surface area contributed by atoms with Crippen LogP contribution in [0.4, 0.5) is 0 Å². The molecule has 2 aromatic rings. The van der Waals surface area contributed by atoms with Crippen molar-refractivity contribution in [3.63, 3.8) is 0 Å². The summed E-state index contributed by atoms with van der Waals surface area (Å²) >= 11 is 5.19. The fourth-order valence-corrected chi connectivity index (χ4v) is 3.43. The van der Waals surface area contributed by atoms with Crippen LogP contribution >= 0.6 is 27.3 Å². The van der Waals surface area contributed by atoms with Gasteiger partial charge in [0.05, 0.1) is 10.7 Å². The maximum atomic E-state index is 5.84. The highest BCUT2D eigenvalue weighted by molar-refractivity contribution is 9.10. The molecule has 0 radical (unpaired) electrons. The number of benzene rings is 1. The monoisotopic (exact) mass is 338 g/mol. The molecule has 102 valence electrons. The number of rotatable bonds is 3. The van der Waals surface area contributed by atoms with Gasteiger partial charge in [0.15, 0.2) is 0 Å². The van der Waals surface area contributed by atoms with Crippen LogP contribution in [0.25, 0.3) is 0 Å². The number of nitrogens with two attached hydrogens (primary N) is 1. The first kappa shape index (κ1) is 14.7. The molecule has 0 fully saturated rings. The Bertz CT molecular complexity index is 553. The maximum absolute atomic E-state index is 5.84. The van der Waals surface area contributed by atoms with Crippen molar-refractivity contribution < 1.29 is 0 Å². The normalized spacial score (nSPS) is 11.8. The Hall–Kier alpha value is -0.710. The van der Waals surface area contributed by atoms with Gasteiger partial charge in [-0.25, -0.2) is 4.98 Å². The van der Waals surface area contributed by atoms with Crippen molar-refractivity contribution in [2.24, 2.45) is 5.73 Å². The average molecular weight is 339 g/mol. The minimum atomic E-state index is 0.0587. The second-order valence-corrected chi connectivity index (χ2v) is 7.72. The first-order chi connectivity index (χ1) is 8.90. The first-order valence-corrected chi connectivity index (χ1v) is 7.94. The molecule has 0 aliphatic carbocycles. The number of hydrogen-bond donors (Lipinski definition) is 1. The van der Waals surface area contributed by atoms with Crippen LogP contribution in [0.1, 0.15) is 41.9 Å². The summed E-state index contributed by atoms with van der Waals surface area (Å²) in [6.07, 6.45) is 0.876. The molecule has 4 heteroatoms. The highest BCUT2D eigenvalue weighted by Gasteiger charge is 2.22. The van der Waals surface area contributed by atoms with Crippen LogP contribution in [-0.2, 0) is 18.4 Å². The second kappa shape index (κ2) is 5.73. The highest BCUT2D eigenvalue weighted by atomic mass is 79.9. The van der Waals surface area contributed by atoms with E-state index in [9.17, 15) is 0 Å². The largest absolute Gasteiger partial charge is 0.326 e. The first-order valence-electron chi connectivity index (χ1n) is 6.33. The van der Waals surface area contributed by atoms with Gasteiger partial charge in [-0.15, -0.1) is 11.3 Å². The van der Waals surface area contributed by atoms with Crippen molar-refractivity contribution in [2.45, 2.75) is 39.2 Å². The van der Waals surface area contributed by atoms with Crippen LogP contribution in [0, 0.1) is 0 Å². The van der Waals surface area contributed by atoms with Crippen LogP contribution in [-0.4, -0.2) is 4.98 Å². The second-order valence-electron chi connectivity index (χ2n) is 5.64. The molecular weight excluding hydrogens is 320 g/mol. The lowest BCUT2D eigenvalue weighted by molar-refractivity contribution is 0.565. The molecule has 19 heavy (non-hydrogen) atoms. The predicted octanol–water partition coefficient (Wildman–Crippen LogP) is 4.25. The van der Waals surface area contributed by atoms with E-state index in [4.69, 9.17) is 10.7 Å². The van der Waals surface area contributed by atoms with Gasteiger partial charge in [-0.05, 0) is 17.7 Å². The number of nitrogens with zero attached hydrogens (tertiary/aromatic N) is 1. The summed E-state index contributed by atoms with van der Waals surface area (Å²) in [5.74, 6) is 0. The number of halogens is 1. The van der Waals surface area contributed by atoms with Crippen LogP contribution in [0.15, 0.2) is 28.7 Å². The molecule has 0 aliphatic rings. The minimum absolute atomic E-state index is 0.0587. The predicted molar refractivity (Wildman–Crippen MR) is 85.7 cm³/mol. The number of hydrogen-bond acceptors (Lipinski definition) is 3. The molecule has 1 heterocycles. The van der Waals surface area contributed by atoms with E-state index in [0.717, 1.165) is 21.6 Å². The zero-order chi connectivity index (χ0) is 14.0. The Morgan fingerprint density at radius 2 is 1.84 bits per heavy atom. The van der Waals surface area contributed by atoms with E-state index >= 15 is 0 Å². The lowest BCUT2D eigenvalue weighted by atomic mass is 9.91. The van der Waals surface area contributed by atoms with Crippen LogP contribution in [0.2, 0.25) is 0 Å². The van der Waals surface area contributed by atoms with Crippen molar-refractivity contribution in [1.82, 2.24) is 4.98 Å². The Balaban J connectivity index is 2.26. The summed E-state index contributed by atoms with van der Waals surface area (Å²) in [6.45, 7) is 7.13. The van der Waals surface area contributed by atoms with Gasteiger partial charge >= 0.3 is 0 Å². The Morgan fingerprint density at radius 3 is 2.32 bits per heavy atom. The number of aromatic nitrogens is 1. The molecule has 1 aromatic heterocycles. The van der Waals surface area contributed by atoms with Crippen molar-refractivity contribution in [3.8, 4) is 0 Å². The summed E-state index contributed by atoms with van der Waals surface area (Å²) in [4.78, 5) is 6.00. The minimum Gasteiger partial charge on any atom is -0.326 e. The molecule has 0 spiro atoms. The molecule has 0 saturated heterocycles. The molecule has 2 nitrogen and oxygen atoms in total. The van der Waals surface area contributed by atoms with E-state index in [-0.39, 0.29) is 5.41 Å². The SMILES string of the molecule is CC(C)(C)c1nc(Cc2ccc(Br)cc2)sc1CN. The van der Waals surface area contributed by atoms with Gasteiger partial charge in [0.1, 0.15) is 0 Å². The lowest BCUT2D eigenvalue weighted by Crippen LogP contribution is -2.15. The van der Waals surface area contributed by atoms with Gasteiger partial charge in [0, 0.05) is 27.7 Å². The van der Waals surface area contributed by atoms with E-state index in [1.54, 1.807) is 11.3 Å². The van der Waals surface area contributed by atoms with Crippen molar-refractivity contribution >= 4 is 27.3 Å². The van der Waals surface area contributed by atoms with E-state index in [0.29, 0.717) is 6.54 Å². The van der Waals surface area contributed by atoms with E-state index in [1.807, 2.05) is 0 Å². The van der Waals surface area contributed by atoms with Gasteiger partial charge in [0.25, 0.3) is 0 Å². The molecule has 0 aliphatic heterocycles. The molecular formula is C15H19BrN2S. The molecule has 0 saturated carbocycles. The Kier molecular flexibility index (Phi) is 4.43. The third-order valence-electron chi connectivity index (χ3n) is 2.91. The molecule has 1 aromatic carbocycles. The molecule has 0 bridgehead atoms. The molecule has 2 N–H and O–H groups in total. The maximum Gasteiger partial charge on any atom is 0.0975 e. The van der Waals surface area contributed by atoms with Gasteiger partial charge < -0.3 is 5.73 Å². The average Bonchev–Trinajstić information content (AvgIpc) is 2.75. The quantitative estimate of drug-likeness (QED) is 0.908. The van der Waals surface area contributed by atoms with Gasteiger partial charge in [-0.3, -0.25) is 0 Å². The highest BCUT2D eigenvalue weighted by Crippen LogP contribution is 2.30. The van der Waals surface area contributed by atoms with E-state index < -0.39 is 0 Å². The van der Waals surface area contributed by atoms with E-state index in [2.05, 4.69) is 61.0 Å². The Labute approximate surface area is 127 Å². The topological polar surface area (TPSA) is 38.9 Å². The van der Waals surface area contributed by atoms with Gasteiger partial charge in [-0.1, -0.05) is 48.8 Å². The number of thiazole rings is 1. The standard InChI is InChI=1S/C15H19BrN2S/c1-15(2,3)14-12(9-17)19-13(18-14)8-10-4-6-11(16)7-5-10/h4-7H,8-9,17H2,1-3H3. The van der Waals surface area contributed by atoms with Gasteiger partial charge in [-0.2, -0.15) is 0 Å². The molecule has 0 atom stereocenters. The van der Waals surface area contributed by atoms with Crippen molar-refractivity contribution in [2.75, 3.05) is 0 Å². The Morgan fingerprint density at radius 1 is 1.21 bits per heavy atom. The summed E-state index contributed by atoms with van der Waals surface area (Å²) in [5.41, 5.74) is 8.32. The molecule has 2 rings (SSSR count). The zero-order valence-corrected chi connectivity index (χ0v) is 13.9. The van der Waals surface area contributed by atoms with Gasteiger partial charge in [0.2, 0.25) is 0 Å².